The molecule has 1 aromatic carbocycles. The zero-order chi connectivity index (χ0) is 14.7. The summed E-state index contributed by atoms with van der Waals surface area (Å²) >= 11 is 0. The smallest absolute Gasteiger partial charge is 0.0580 e. The second kappa shape index (κ2) is 6.54. The van der Waals surface area contributed by atoms with E-state index in [1.165, 1.54) is 35.6 Å². The molecular weight excluding hydrogens is 260 g/mol. The Kier molecular flexibility index (Phi) is 4.51. The fraction of sp³-hybridized carbons (Fsp3) is 0.500. The van der Waals surface area contributed by atoms with Crippen LogP contribution in [0.3, 0.4) is 0 Å². The highest BCUT2D eigenvalue weighted by molar-refractivity contribution is 5.85. The van der Waals surface area contributed by atoms with E-state index in [0.717, 1.165) is 12.5 Å². The van der Waals surface area contributed by atoms with Gasteiger partial charge in [-0.3, -0.25) is 4.98 Å². The largest absolute Gasteiger partial charge is 0.378 e. The predicted molar refractivity (Wildman–Crippen MR) is 86.3 cm³/mol. The molecule has 3 nitrogen and oxygen atoms in total. The minimum Gasteiger partial charge on any atom is -0.378 e. The van der Waals surface area contributed by atoms with Crippen LogP contribution in [0.4, 0.5) is 0 Å². The molecule has 0 saturated heterocycles. The van der Waals surface area contributed by atoms with Crippen molar-refractivity contribution in [3.05, 3.63) is 42.2 Å². The van der Waals surface area contributed by atoms with Crippen LogP contribution in [-0.4, -0.2) is 24.7 Å². The monoisotopic (exact) mass is 284 g/mol. The van der Waals surface area contributed by atoms with Crippen LogP contribution in [-0.2, 0) is 4.74 Å². The minimum absolute atomic E-state index is 0.406. The van der Waals surface area contributed by atoms with Crippen LogP contribution in [0.15, 0.2) is 36.7 Å². The number of fused-ring (bicyclic) bond motifs is 1. The van der Waals surface area contributed by atoms with Crippen molar-refractivity contribution in [3.63, 3.8) is 0 Å². The highest BCUT2D eigenvalue weighted by Crippen LogP contribution is 2.38. The summed E-state index contributed by atoms with van der Waals surface area (Å²) in [6.45, 7) is 2.91. The molecule has 1 N–H and O–H groups in total. The van der Waals surface area contributed by atoms with Gasteiger partial charge in [-0.05, 0) is 56.2 Å². The lowest BCUT2D eigenvalue weighted by atomic mass is 9.77. The Morgan fingerprint density at radius 2 is 2.19 bits per heavy atom. The van der Waals surface area contributed by atoms with Gasteiger partial charge in [-0.25, -0.2) is 0 Å². The van der Waals surface area contributed by atoms with Gasteiger partial charge in [-0.1, -0.05) is 18.2 Å². The van der Waals surface area contributed by atoms with Crippen LogP contribution in [0.2, 0.25) is 0 Å². The van der Waals surface area contributed by atoms with Crippen molar-refractivity contribution in [2.75, 3.05) is 13.7 Å². The van der Waals surface area contributed by atoms with Gasteiger partial charge < -0.3 is 10.1 Å². The first kappa shape index (κ1) is 14.5. The Balaban J connectivity index is 1.74. The summed E-state index contributed by atoms with van der Waals surface area (Å²) in [6, 6.07) is 9.03. The van der Waals surface area contributed by atoms with Gasteiger partial charge in [0, 0.05) is 30.4 Å². The fourth-order valence-electron chi connectivity index (χ4n) is 3.42. The van der Waals surface area contributed by atoms with Crippen LogP contribution in [0, 0.1) is 5.92 Å². The molecule has 0 bridgehead atoms. The summed E-state index contributed by atoms with van der Waals surface area (Å²) in [4.78, 5) is 4.22. The first-order valence-electron chi connectivity index (χ1n) is 7.93. The lowest BCUT2D eigenvalue weighted by Crippen LogP contribution is -2.34. The number of rotatable bonds is 6. The van der Waals surface area contributed by atoms with E-state index in [-0.39, 0.29) is 0 Å². The average Bonchev–Trinajstić information content (AvgIpc) is 2.49. The third-order valence-electron chi connectivity index (χ3n) is 4.60. The quantitative estimate of drug-likeness (QED) is 0.878. The Bertz CT molecular complexity index is 587. The van der Waals surface area contributed by atoms with Crippen molar-refractivity contribution in [2.45, 2.75) is 38.3 Å². The van der Waals surface area contributed by atoms with Crippen molar-refractivity contribution >= 4 is 10.8 Å². The maximum atomic E-state index is 5.67. The molecular formula is C18H24N2O. The topological polar surface area (TPSA) is 34.1 Å². The van der Waals surface area contributed by atoms with Crippen LogP contribution < -0.4 is 5.32 Å². The SMILES string of the molecule is CCOC1CC(CC(NC)c2cccc3cnccc23)C1. The molecule has 1 aliphatic carbocycles. The molecule has 1 aromatic heterocycles. The number of benzene rings is 1. The highest BCUT2D eigenvalue weighted by Gasteiger charge is 2.31. The average molecular weight is 284 g/mol. The van der Waals surface area contributed by atoms with Crippen LogP contribution in [0.25, 0.3) is 10.8 Å². The van der Waals surface area contributed by atoms with Gasteiger partial charge in [0.2, 0.25) is 0 Å². The van der Waals surface area contributed by atoms with E-state index in [1.54, 1.807) is 0 Å². The van der Waals surface area contributed by atoms with E-state index in [2.05, 4.69) is 48.5 Å². The molecule has 21 heavy (non-hydrogen) atoms. The zero-order valence-electron chi connectivity index (χ0n) is 12.9. The first-order chi connectivity index (χ1) is 10.3. The molecule has 1 saturated carbocycles. The summed E-state index contributed by atoms with van der Waals surface area (Å²) in [7, 11) is 2.06. The lowest BCUT2D eigenvalue weighted by molar-refractivity contribution is -0.0289. The standard InChI is InChI=1S/C18H24N2O/c1-3-21-15-9-13(10-15)11-18(19-2)17-6-4-5-14-12-20-8-7-16(14)17/h4-8,12-13,15,18-19H,3,9-11H2,1-2H3. The molecule has 3 heteroatoms. The van der Waals surface area contributed by atoms with E-state index in [9.17, 15) is 0 Å². The van der Waals surface area contributed by atoms with Gasteiger partial charge in [0.1, 0.15) is 0 Å². The van der Waals surface area contributed by atoms with E-state index < -0.39 is 0 Å². The summed E-state index contributed by atoms with van der Waals surface area (Å²) in [5, 5.41) is 6.03. The molecule has 1 atom stereocenters. The van der Waals surface area contributed by atoms with Crippen LogP contribution >= 0.6 is 0 Å². The maximum absolute atomic E-state index is 5.67. The molecule has 1 aliphatic rings. The number of nitrogens with zero attached hydrogens (tertiary/aromatic N) is 1. The van der Waals surface area contributed by atoms with Crippen LogP contribution in [0.5, 0.6) is 0 Å². The zero-order valence-corrected chi connectivity index (χ0v) is 12.9. The second-order valence-electron chi connectivity index (χ2n) is 5.94. The summed E-state index contributed by atoms with van der Waals surface area (Å²) in [6.07, 6.45) is 7.92. The third-order valence-corrected chi connectivity index (χ3v) is 4.60. The number of nitrogens with one attached hydrogen (secondary N) is 1. The number of hydrogen-bond acceptors (Lipinski definition) is 3. The normalized spacial score (nSPS) is 23.0. The van der Waals surface area contributed by atoms with Gasteiger partial charge >= 0.3 is 0 Å². The molecule has 1 heterocycles. The van der Waals surface area contributed by atoms with Gasteiger partial charge in [0.05, 0.1) is 6.10 Å². The van der Waals surface area contributed by atoms with E-state index in [1.807, 2.05) is 12.4 Å². The van der Waals surface area contributed by atoms with Gasteiger partial charge in [-0.15, -0.1) is 0 Å². The van der Waals surface area contributed by atoms with Crippen molar-refractivity contribution in [2.24, 2.45) is 5.92 Å². The molecule has 0 radical (unpaired) electrons. The van der Waals surface area contributed by atoms with E-state index >= 15 is 0 Å². The van der Waals surface area contributed by atoms with Gasteiger partial charge in [-0.2, -0.15) is 0 Å². The van der Waals surface area contributed by atoms with Gasteiger partial charge in [0.15, 0.2) is 0 Å². The van der Waals surface area contributed by atoms with Crippen molar-refractivity contribution in [1.29, 1.82) is 0 Å². The van der Waals surface area contributed by atoms with E-state index in [4.69, 9.17) is 4.74 Å². The van der Waals surface area contributed by atoms with Crippen molar-refractivity contribution in [3.8, 4) is 0 Å². The maximum Gasteiger partial charge on any atom is 0.0580 e. The lowest BCUT2D eigenvalue weighted by Gasteiger charge is -2.37. The number of pyridine rings is 1. The molecule has 1 fully saturated rings. The van der Waals surface area contributed by atoms with Crippen LogP contribution in [0.1, 0.15) is 37.8 Å². The van der Waals surface area contributed by atoms with E-state index in [0.29, 0.717) is 12.1 Å². The second-order valence-corrected chi connectivity index (χ2v) is 5.94. The summed E-state index contributed by atoms with van der Waals surface area (Å²) in [5.74, 6) is 0.774. The molecule has 2 aromatic rings. The number of ether oxygens (including phenoxy) is 1. The van der Waals surface area contributed by atoms with Crippen molar-refractivity contribution < 1.29 is 4.74 Å². The Morgan fingerprint density at radius 3 is 2.95 bits per heavy atom. The molecule has 112 valence electrons. The molecule has 1 unspecified atom stereocenters. The Labute approximate surface area is 126 Å². The number of aromatic nitrogens is 1. The Hall–Kier alpha value is -1.45. The first-order valence-corrected chi connectivity index (χ1v) is 7.93. The Morgan fingerprint density at radius 1 is 1.33 bits per heavy atom. The minimum atomic E-state index is 0.406. The molecule has 0 spiro atoms. The molecule has 0 amide bonds. The fourth-order valence-corrected chi connectivity index (χ4v) is 3.42. The summed E-state index contributed by atoms with van der Waals surface area (Å²) in [5.41, 5.74) is 1.39. The summed E-state index contributed by atoms with van der Waals surface area (Å²) < 4.78 is 5.67. The van der Waals surface area contributed by atoms with Gasteiger partial charge in [0.25, 0.3) is 0 Å². The third kappa shape index (κ3) is 3.09. The number of hydrogen-bond donors (Lipinski definition) is 1. The van der Waals surface area contributed by atoms with Crippen molar-refractivity contribution in [1.82, 2.24) is 10.3 Å². The molecule has 0 aliphatic heterocycles. The predicted octanol–water partition coefficient (Wildman–Crippen LogP) is 3.70. The highest BCUT2D eigenvalue weighted by atomic mass is 16.5. The molecule has 3 rings (SSSR count).